The standard InChI is InChI=1S/C12H20F3N3O.2ClH/c13-12(14,15)9-17-4-6-18(7-5-17)11(19)10-2-1-3-16-8-10;;/h10,16H,1-9H2;2*1H. The maximum atomic E-state index is 12.3. The van der Waals surface area contributed by atoms with Gasteiger partial charge in [0.05, 0.1) is 12.5 Å². The molecule has 0 bridgehead atoms. The molecule has 126 valence electrons. The first-order valence-corrected chi connectivity index (χ1v) is 6.74. The van der Waals surface area contributed by atoms with Crippen molar-refractivity contribution < 1.29 is 18.0 Å². The molecule has 0 aromatic carbocycles. The molecular formula is C12H22Cl2F3N3O. The first kappa shape index (κ1) is 20.8. The summed E-state index contributed by atoms with van der Waals surface area (Å²) < 4.78 is 36.8. The van der Waals surface area contributed by atoms with Gasteiger partial charge in [0, 0.05) is 32.7 Å². The Hall–Kier alpha value is -0.240. The Kier molecular flexibility index (Phi) is 8.92. The molecule has 2 aliphatic rings. The number of amides is 1. The third-order valence-electron chi connectivity index (χ3n) is 3.73. The molecule has 21 heavy (non-hydrogen) atoms. The highest BCUT2D eigenvalue weighted by Gasteiger charge is 2.34. The minimum absolute atomic E-state index is 0. The third-order valence-corrected chi connectivity index (χ3v) is 3.73. The van der Waals surface area contributed by atoms with E-state index in [0.717, 1.165) is 19.4 Å². The SMILES string of the molecule is Cl.Cl.O=C(C1CCCNC1)N1CCN(CC(F)(F)F)CC1. The fourth-order valence-electron chi connectivity index (χ4n) is 2.70. The minimum Gasteiger partial charge on any atom is -0.340 e. The Bertz CT molecular complexity index is 317. The van der Waals surface area contributed by atoms with E-state index in [9.17, 15) is 18.0 Å². The lowest BCUT2D eigenvalue weighted by molar-refractivity contribution is -0.152. The number of rotatable bonds is 2. The van der Waals surface area contributed by atoms with Gasteiger partial charge in [-0.2, -0.15) is 13.2 Å². The van der Waals surface area contributed by atoms with Crippen molar-refractivity contribution in [2.24, 2.45) is 5.92 Å². The smallest absolute Gasteiger partial charge is 0.340 e. The molecule has 0 spiro atoms. The zero-order valence-corrected chi connectivity index (χ0v) is 13.3. The monoisotopic (exact) mass is 351 g/mol. The Morgan fingerprint density at radius 3 is 2.24 bits per heavy atom. The first-order chi connectivity index (χ1) is 8.96. The number of alkyl halides is 3. The molecule has 2 heterocycles. The molecular weight excluding hydrogens is 330 g/mol. The van der Waals surface area contributed by atoms with Crippen LogP contribution in [0.3, 0.4) is 0 Å². The molecule has 0 saturated carbocycles. The molecule has 0 aromatic heterocycles. The van der Waals surface area contributed by atoms with E-state index >= 15 is 0 Å². The second kappa shape index (κ2) is 9.02. The molecule has 1 atom stereocenters. The van der Waals surface area contributed by atoms with E-state index in [1.807, 2.05) is 0 Å². The summed E-state index contributed by atoms with van der Waals surface area (Å²) in [6.45, 7) is 2.21. The molecule has 0 aromatic rings. The van der Waals surface area contributed by atoms with Crippen LogP contribution in [0, 0.1) is 5.92 Å². The second-order valence-electron chi connectivity index (χ2n) is 5.26. The summed E-state index contributed by atoms with van der Waals surface area (Å²) in [5.41, 5.74) is 0. The fraction of sp³-hybridized carbons (Fsp3) is 0.917. The number of hydrogen-bond acceptors (Lipinski definition) is 3. The molecule has 1 unspecified atom stereocenters. The van der Waals surface area contributed by atoms with E-state index in [0.29, 0.717) is 32.7 Å². The van der Waals surface area contributed by atoms with Crippen molar-refractivity contribution in [2.45, 2.75) is 19.0 Å². The summed E-state index contributed by atoms with van der Waals surface area (Å²) in [5.74, 6) is 0.0989. The molecule has 0 aliphatic carbocycles. The highest BCUT2D eigenvalue weighted by molar-refractivity contribution is 5.85. The van der Waals surface area contributed by atoms with Gasteiger partial charge in [-0.05, 0) is 19.4 Å². The number of piperidine rings is 1. The number of hydrogen-bond donors (Lipinski definition) is 1. The van der Waals surface area contributed by atoms with E-state index in [4.69, 9.17) is 0 Å². The number of nitrogens with one attached hydrogen (secondary N) is 1. The molecule has 2 fully saturated rings. The lowest BCUT2D eigenvalue weighted by Crippen LogP contribution is -2.53. The van der Waals surface area contributed by atoms with E-state index in [1.165, 1.54) is 4.90 Å². The van der Waals surface area contributed by atoms with Crippen LogP contribution in [0.5, 0.6) is 0 Å². The summed E-state index contributed by atoms with van der Waals surface area (Å²) in [6.07, 6.45) is -2.28. The van der Waals surface area contributed by atoms with Crippen LogP contribution < -0.4 is 5.32 Å². The van der Waals surface area contributed by atoms with Gasteiger partial charge in [0.2, 0.25) is 5.91 Å². The number of nitrogens with zero attached hydrogens (tertiary/aromatic N) is 2. The van der Waals surface area contributed by atoms with E-state index in [-0.39, 0.29) is 36.6 Å². The van der Waals surface area contributed by atoms with Gasteiger partial charge in [-0.25, -0.2) is 0 Å². The van der Waals surface area contributed by atoms with E-state index < -0.39 is 12.7 Å². The Morgan fingerprint density at radius 2 is 1.76 bits per heavy atom. The Balaban J connectivity index is 0.00000200. The van der Waals surface area contributed by atoms with Gasteiger partial charge < -0.3 is 10.2 Å². The van der Waals surface area contributed by atoms with Gasteiger partial charge in [-0.15, -0.1) is 24.8 Å². The average molecular weight is 352 g/mol. The van der Waals surface area contributed by atoms with Gasteiger partial charge in [0.1, 0.15) is 0 Å². The van der Waals surface area contributed by atoms with Crippen LogP contribution in [-0.2, 0) is 4.79 Å². The molecule has 1 amide bonds. The normalized spacial score (nSPS) is 24.0. The summed E-state index contributed by atoms with van der Waals surface area (Å²) >= 11 is 0. The summed E-state index contributed by atoms with van der Waals surface area (Å²) in [5, 5.41) is 3.19. The van der Waals surface area contributed by atoms with Crippen molar-refractivity contribution >= 4 is 30.7 Å². The predicted molar refractivity (Wildman–Crippen MR) is 79.2 cm³/mol. The highest BCUT2D eigenvalue weighted by Crippen LogP contribution is 2.19. The lowest BCUT2D eigenvalue weighted by Gasteiger charge is -2.37. The van der Waals surface area contributed by atoms with Crippen LogP contribution in [0.2, 0.25) is 0 Å². The number of halogens is 5. The third kappa shape index (κ3) is 6.59. The van der Waals surface area contributed by atoms with Crippen LogP contribution >= 0.6 is 24.8 Å². The molecule has 1 N–H and O–H groups in total. The van der Waals surface area contributed by atoms with Gasteiger partial charge in [0.25, 0.3) is 0 Å². The van der Waals surface area contributed by atoms with E-state index in [1.54, 1.807) is 4.90 Å². The van der Waals surface area contributed by atoms with Crippen LogP contribution in [0.4, 0.5) is 13.2 Å². The van der Waals surface area contributed by atoms with Crippen molar-refractivity contribution in [3.63, 3.8) is 0 Å². The molecule has 4 nitrogen and oxygen atoms in total. The van der Waals surface area contributed by atoms with Crippen molar-refractivity contribution in [3.05, 3.63) is 0 Å². The molecule has 9 heteroatoms. The quantitative estimate of drug-likeness (QED) is 0.819. The minimum atomic E-state index is -4.15. The van der Waals surface area contributed by atoms with Crippen LogP contribution in [0.1, 0.15) is 12.8 Å². The maximum absolute atomic E-state index is 12.3. The molecule has 0 radical (unpaired) electrons. The van der Waals surface area contributed by atoms with Crippen molar-refractivity contribution in [1.82, 2.24) is 15.1 Å². The van der Waals surface area contributed by atoms with Crippen LogP contribution in [0.25, 0.3) is 0 Å². The fourth-order valence-corrected chi connectivity index (χ4v) is 2.70. The second-order valence-corrected chi connectivity index (χ2v) is 5.26. The Morgan fingerprint density at radius 1 is 1.14 bits per heavy atom. The lowest BCUT2D eigenvalue weighted by atomic mass is 9.98. The Labute approximate surface area is 135 Å². The van der Waals surface area contributed by atoms with Gasteiger partial charge >= 0.3 is 6.18 Å². The van der Waals surface area contributed by atoms with Gasteiger partial charge in [-0.1, -0.05) is 0 Å². The van der Waals surface area contributed by atoms with Crippen molar-refractivity contribution in [3.8, 4) is 0 Å². The molecule has 2 saturated heterocycles. The predicted octanol–water partition coefficient (Wildman–Crippen LogP) is 1.54. The van der Waals surface area contributed by atoms with Crippen LogP contribution in [-0.4, -0.2) is 67.7 Å². The van der Waals surface area contributed by atoms with E-state index in [2.05, 4.69) is 5.32 Å². The summed E-state index contributed by atoms with van der Waals surface area (Å²) in [6, 6.07) is 0. The largest absolute Gasteiger partial charge is 0.401 e. The number of carbonyl (C=O) groups is 1. The highest BCUT2D eigenvalue weighted by atomic mass is 35.5. The summed E-state index contributed by atoms with van der Waals surface area (Å²) in [7, 11) is 0. The zero-order chi connectivity index (χ0) is 13.9. The van der Waals surface area contributed by atoms with Crippen molar-refractivity contribution in [1.29, 1.82) is 0 Å². The average Bonchev–Trinajstić information content (AvgIpc) is 2.38. The van der Waals surface area contributed by atoms with Gasteiger partial charge in [0.15, 0.2) is 0 Å². The maximum Gasteiger partial charge on any atom is 0.401 e. The van der Waals surface area contributed by atoms with Gasteiger partial charge in [-0.3, -0.25) is 9.69 Å². The first-order valence-electron chi connectivity index (χ1n) is 6.74. The molecule has 2 aliphatic heterocycles. The number of carbonyl (C=O) groups excluding carboxylic acids is 1. The molecule has 2 rings (SSSR count). The zero-order valence-electron chi connectivity index (χ0n) is 11.7. The number of piperazine rings is 1. The summed E-state index contributed by atoms with van der Waals surface area (Å²) in [4.78, 5) is 15.3. The van der Waals surface area contributed by atoms with Crippen LogP contribution in [0.15, 0.2) is 0 Å². The topological polar surface area (TPSA) is 35.6 Å². The van der Waals surface area contributed by atoms with Crippen molar-refractivity contribution in [2.75, 3.05) is 45.8 Å².